The van der Waals surface area contributed by atoms with E-state index in [2.05, 4.69) is 32.9 Å². The molecule has 0 spiro atoms. The fraction of sp³-hybridized carbons (Fsp3) is 0.765. The van der Waals surface area contributed by atoms with Crippen molar-refractivity contribution < 1.29 is 0 Å². The molecule has 0 radical (unpaired) electrons. The number of guanidine groups is 1. The number of rotatable bonds is 6. The largest absolute Gasteiger partial charge is 0.354 e. The summed E-state index contributed by atoms with van der Waals surface area (Å²) in [6, 6.07) is 0.557. The highest BCUT2D eigenvalue weighted by Crippen LogP contribution is 2.27. The average Bonchev–Trinajstić information content (AvgIpc) is 3.02. The maximum absolute atomic E-state index is 4.59. The van der Waals surface area contributed by atoms with E-state index in [1.165, 1.54) is 38.5 Å². The van der Waals surface area contributed by atoms with Crippen molar-refractivity contribution in [3.05, 3.63) is 11.1 Å². The molecule has 2 N–H and O–H groups in total. The molecule has 0 amide bonds. The summed E-state index contributed by atoms with van der Waals surface area (Å²) < 4.78 is 0. The predicted octanol–water partition coefficient (Wildman–Crippen LogP) is 3.23. The molecule has 0 aromatic carbocycles. The molecule has 1 heterocycles. The van der Waals surface area contributed by atoms with Crippen molar-refractivity contribution in [2.24, 2.45) is 10.9 Å². The van der Waals surface area contributed by atoms with Crippen LogP contribution >= 0.6 is 11.3 Å². The minimum Gasteiger partial charge on any atom is -0.354 e. The zero-order valence-electron chi connectivity index (χ0n) is 14.9. The molecular formula is C17H31N5S. The van der Waals surface area contributed by atoms with Crippen LogP contribution in [0.5, 0.6) is 0 Å². The van der Waals surface area contributed by atoms with E-state index in [-0.39, 0.29) is 0 Å². The van der Waals surface area contributed by atoms with E-state index < -0.39 is 0 Å². The van der Waals surface area contributed by atoms with Gasteiger partial charge in [0.25, 0.3) is 0 Å². The molecular weight excluding hydrogens is 306 g/mol. The normalized spacial score (nSPS) is 22.0. The first-order valence-corrected chi connectivity index (χ1v) is 9.59. The Morgan fingerprint density at radius 1 is 1.35 bits per heavy atom. The Kier molecular flexibility index (Phi) is 7.15. The van der Waals surface area contributed by atoms with Crippen LogP contribution in [-0.2, 0) is 6.54 Å². The van der Waals surface area contributed by atoms with Gasteiger partial charge in [-0.3, -0.25) is 4.99 Å². The van der Waals surface area contributed by atoms with Crippen LogP contribution in [0.25, 0.3) is 0 Å². The molecule has 6 heteroatoms. The molecule has 0 aliphatic heterocycles. The van der Waals surface area contributed by atoms with Crippen LogP contribution in [0, 0.1) is 5.92 Å². The number of aromatic nitrogens is 1. The van der Waals surface area contributed by atoms with Gasteiger partial charge in [0.2, 0.25) is 0 Å². The van der Waals surface area contributed by atoms with Crippen LogP contribution < -0.4 is 15.5 Å². The van der Waals surface area contributed by atoms with Crippen molar-refractivity contribution in [1.29, 1.82) is 0 Å². The number of nitrogens with one attached hydrogen (secondary N) is 2. The fourth-order valence-electron chi connectivity index (χ4n) is 3.15. The van der Waals surface area contributed by atoms with Crippen LogP contribution in [0.4, 0.5) is 5.13 Å². The summed E-state index contributed by atoms with van der Waals surface area (Å²) in [5.41, 5.74) is 1.06. The number of thiazole rings is 1. The number of hydrogen-bond acceptors (Lipinski definition) is 4. The lowest BCUT2D eigenvalue weighted by Crippen LogP contribution is -2.44. The van der Waals surface area contributed by atoms with Gasteiger partial charge in [-0.1, -0.05) is 19.8 Å². The summed E-state index contributed by atoms with van der Waals surface area (Å²) in [5, 5.41) is 10.1. The first kappa shape index (κ1) is 18.0. The van der Waals surface area contributed by atoms with Crippen LogP contribution in [0.15, 0.2) is 10.4 Å². The van der Waals surface area contributed by atoms with Gasteiger partial charge < -0.3 is 15.5 Å². The highest BCUT2D eigenvalue weighted by molar-refractivity contribution is 7.13. The van der Waals surface area contributed by atoms with Crippen molar-refractivity contribution in [3.8, 4) is 0 Å². The zero-order valence-corrected chi connectivity index (χ0v) is 15.7. The molecule has 0 saturated heterocycles. The van der Waals surface area contributed by atoms with Crippen LogP contribution in [0.2, 0.25) is 0 Å². The smallest absolute Gasteiger partial charge is 0.191 e. The Morgan fingerprint density at radius 3 is 2.65 bits per heavy atom. The van der Waals surface area contributed by atoms with Gasteiger partial charge in [0.1, 0.15) is 0 Å². The van der Waals surface area contributed by atoms with Gasteiger partial charge in [-0.15, -0.1) is 11.3 Å². The lowest BCUT2D eigenvalue weighted by molar-refractivity contribution is 0.295. The van der Waals surface area contributed by atoms with E-state index in [4.69, 9.17) is 0 Å². The highest BCUT2D eigenvalue weighted by atomic mass is 32.1. The molecule has 1 aromatic rings. The summed E-state index contributed by atoms with van der Waals surface area (Å²) in [5.74, 6) is 1.83. The third kappa shape index (κ3) is 5.68. The Morgan fingerprint density at radius 2 is 2.09 bits per heavy atom. The van der Waals surface area contributed by atoms with Crippen molar-refractivity contribution in [2.75, 3.05) is 26.0 Å². The Balaban J connectivity index is 1.75. The van der Waals surface area contributed by atoms with E-state index in [9.17, 15) is 0 Å². The van der Waals surface area contributed by atoms with Gasteiger partial charge in [0.15, 0.2) is 11.1 Å². The molecule has 23 heavy (non-hydrogen) atoms. The Bertz CT molecular complexity index is 489. The second-order valence-electron chi connectivity index (χ2n) is 6.59. The van der Waals surface area contributed by atoms with Crippen LogP contribution in [-0.4, -0.2) is 38.1 Å². The van der Waals surface area contributed by atoms with Crippen LogP contribution in [0.1, 0.15) is 51.1 Å². The first-order valence-electron chi connectivity index (χ1n) is 8.71. The molecule has 0 unspecified atom stereocenters. The Labute approximate surface area is 144 Å². The fourth-order valence-corrected chi connectivity index (χ4v) is 3.91. The predicted molar refractivity (Wildman–Crippen MR) is 100 cm³/mol. The minimum atomic E-state index is 0.557. The Hall–Kier alpha value is -1.30. The topological polar surface area (TPSA) is 52.6 Å². The molecule has 130 valence electrons. The maximum Gasteiger partial charge on any atom is 0.191 e. The lowest BCUT2D eigenvalue weighted by Gasteiger charge is -2.30. The molecule has 0 atom stereocenters. The van der Waals surface area contributed by atoms with Crippen molar-refractivity contribution in [3.63, 3.8) is 0 Å². The number of aliphatic imine (C=N–C) groups is 1. The number of hydrogen-bond donors (Lipinski definition) is 2. The van der Waals surface area contributed by atoms with Crippen molar-refractivity contribution in [2.45, 2.75) is 58.0 Å². The van der Waals surface area contributed by atoms with Gasteiger partial charge >= 0.3 is 0 Å². The standard InChI is InChI=1S/C17H31N5S/c1-5-6-13-7-9-14(10-8-13)20-16(18-2)19-11-15-12-23-17(21-15)22(3)4/h12-14H,5-11H2,1-4H3,(H2,18,19,20). The average molecular weight is 338 g/mol. The zero-order chi connectivity index (χ0) is 16.7. The maximum atomic E-state index is 4.59. The number of nitrogens with zero attached hydrogens (tertiary/aromatic N) is 3. The van der Waals surface area contributed by atoms with Crippen LogP contribution in [0.3, 0.4) is 0 Å². The molecule has 5 nitrogen and oxygen atoms in total. The quantitative estimate of drug-likeness (QED) is 0.618. The summed E-state index contributed by atoms with van der Waals surface area (Å²) in [4.78, 5) is 11.0. The summed E-state index contributed by atoms with van der Waals surface area (Å²) in [7, 11) is 5.88. The van der Waals surface area contributed by atoms with Gasteiger partial charge in [-0.2, -0.15) is 0 Å². The van der Waals surface area contributed by atoms with Gasteiger partial charge in [-0.25, -0.2) is 4.98 Å². The van der Waals surface area contributed by atoms with E-state index in [0.717, 1.165) is 29.2 Å². The second-order valence-corrected chi connectivity index (χ2v) is 7.43. The van der Waals surface area contributed by atoms with E-state index >= 15 is 0 Å². The SMILES string of the molecule is CCCC1CCC(NC(=NC)NCc2csc(N(C)C)n2)CC1. The lowest BCUT2D eigenvalue weighted by atomic mass is 9.83. The molecule has 2 rings (SSSR count). The molecule has 1 fully saturated rings. The molecule has 1 saturated carbocycles. The molecule has 1 aliphatic carbocycles. The highest BCUT2D eigenvalue weighted by Gasteiger charge is 2.21. The molecule has 0 bridgehead atoms. The van der Waals surface area contributed by atoms with Crippen molar-refractivity contribution >= 4 is 22.4 Å². The van der Waals surface area contributed by atoms with Gasteiger partial charge in [0, 0.05) is 32.6 Å². The van der Waals surface area contributed by atoms with E-state index in [0.29, 0.717) is 6.04 Å². The first-order chi connectivity index (χ1) is 11.1. The summed E-state index contributed by atoms with van der Waals surface area (Å²) in [6.45, 7) is 3.01. The van der Waals surface area contributed by atoms with E-state index in [1.54, 1.807) is 11.3 Å². The summed E-state index contributed by atoms with van der Waals surface area (Å²) in [6.07, 6.45) is 7.91. The monoisotopic (exact) mass is 337 g/mol. The molecule has 1 aromatic heterocycles. The van der Waals surface area contributed by atoms with Gasteiger partial charge in [0.05, 0.1) is 12.2 Å². The summed E-state index contributed by atoms with van der Waals surface area (Å²) >= 11 is 1.67. The second kappa shape index (κ2) is 9.11. The van der Waals surface area contributed by atoms with Crippen molar-refractivity contribution in [1.82, 2.24) is 15.6 Å². The third-order valence-electron chi connectivity index (χ3n) is 4.47. The minimum absolute atomic E-state index is 0.557. The number of anilines is 1. The third-order valence-corrected chi connectivity index (χ3v) is 5.52. The molecule has 1 aliphatic rings. The van der Waals surface area contributed by atoms with E-state index in [1.807, 2.05) is 26.0 Å². The van der Waals surface area contributed by atoms with Gasteiger partial charge in [-0.05, 0) is 31.6 Å².